The summed E-state index contributed by atoms with van der Waals surface area (Å²) in [5.74, 6) is 1.67. The normalized spacial score (nSPS) is 11.9. The van der Waals surface area contributed by atoms with Crippen molar-refractivity contribution >= 4 is 107 Å². The fourth-order valence-electron chi connectivity index (χ4n) is 11.6. The lowest BCUT2D eigenvalue weighted by atomic mass is 9.99. The zero-order valence-corrected chi connectivity index (χ0v) is 42.4. The molecule has 16 aromatic rings. The Hall–Kier alpha value is -9.53. The van der Waals surface area contributed by atoms with Crippen molar-refractivity contribution in [3.8, 4) is 67.8 Å². The molecule has 0 aliphatic rings. The Morgan fingerprint density at radius 1 is 0.224 bits per heavy atom. The summed E-state index contributed by atoms with van der Waals surface area (Å²) in [5, 5.41) is 9.68. The van der Waals surface area contributed by atoms with E-state index >= 15 is 0 Å². The van der Waals surface area contributed by atoms with Crippen LogP contribution < -0.4 is 0 Å². The van der Waals surface area contributed by atoms with Gasteiger partial charge in [-0.3, -0.25) is 9.13 Å². The molecule has 0 bridgehead atoms. The lowest BCUT2D eigenvalue weighted by molar-refractivity contribution is 0.893. The van der Waals surface area contributed by atoms with Crippen LogP contribution in [0.5, 0.6) is 0 Å². The Morgan fingerprint density at radius 3 is 1.12 bits per heavy atom. The molecule has 0 aliphatic heterocycles. The minimum atomic E-state index is 0.543. The Balaban J connectivity index is 0.889. The zero-order chi connectivity index (χ0) is 49.8. The third-order valence-corrected chi connectivity index (χ3v) is 17.5. The van der Waals surface area contributed by atoms with Crippen molar-refractivity contribution in [2.75, 3.05) is 0 Å². The van der Waals surface area contributed by atoms with Crippen LogP contribution in [-0.4, -0.2) is 24.1 Å². The Kier molecular flexibility index (Phi) is 9.61. The van der Waals surface area contributed by atoms with Gasteiger partial charge < -0.3 is 0 Å². The predicted octanol–water partition coefficient (Wildman–Crippen LogP) is 19.1. The summed E-state index contributed by atoms with van der Waals surface area (Å²) >= 11 is 3.69. The molecule has 5 aromatic heterocycles. The van der Waals surface area contributed by atoms with Gasteiger partial charge in [0, 0.05) is 67.5 Å². The van der Waals surface area contributed by atoms with E-state index < -0.39 is 0 Å². The number of benzene rings is 11. The summed E-state index contributed by atoms with van der Waals surface area (Å²) in [4.78, 5) is 16.5. The molecule has 0 saturated heterocycles. The summed E-state index contributed by atoms with van der Waals surface area (Å²) in [6.07, 6.45) is 0. The first-order chi connectivity index (χ1) is 37.6. The molecule has 76 heavy (non-hydrogen) atoms. The molecule has 0 aliphatic carbocycles. The van der Waals surface area contributed by atoms with E-state index in [0.717, 1.165) is 71.4 Å². The number of hydrogen-bond donors (Lipinski definition) is 0. The summed E-state index contributed by atoms with van der Waals surface area (Å²) in [7, 11) is 0. The van der Waals surface area contributed by atoms with Crippen molar-refractivity contribution in [3.05, 3.63) is 249 Å². The number of para-hydroxylation sites is 2. The first-order valence-corrected chi connectivity index (χ1v) is 27.2. The largest absolute Gasteiger partial charge is 0.278 e. The van der Waals surface area contributed by atoms with Gasteiger partial charge in [0.1, 0.15) is 0 Å². The average Bonchev–Trinajstić information content (AvgIpc) is 4.25. The second kappa shape index (κ2) is 17.0. The summed E-state index contributed by atoms with van der Waals surface area (Å²) in [6.45, 7) is 0. The Bertz CT molecular complexity index is 4750. The van der Waals surface area contributed by atoms with Crippen LogP contribution in [0.2, 0.25) is 0 Å². The number of rotatable bonds is 7. The van der Waals surface area contributed by atoms with Crippen LogP contribution >= 0.6 is 22.7 Å². The highest BCUT2D eigenvalue weighted by molar-refractivity contribution is 7.26. The van der Waals surface area contributed by atoms with E-state index in [-0.39, 0.29) is 0 Å². The van der Waals surface area contributed by atoms with Crippen molar-refractivity contribution < 1.29 is 0 Å². The average molecular weight is 1000 g/mol. The van der Waals surface area contributed by atoms with Crippen LogP contribution in [0.1, 0.15) is 0 Å². The molecule has 0 atom stereocenters. The van der Waals surface area contributed by atoms with Gasteiger partial charge in [-0.05, 0) is 123 Å². The van der Waals surface area contributed by atoms with E-state index in [9.17, 15) is 0 Å². The van der Waals surface area contributed by atoms with E-state index in [2.05, 4.69) is 258 Å². The number of aromatic nitrogens is 5. The first kappa shape index (κ1) is 42.9. The van der Waals surface area contributed by atoms with Crippen LogP contribution in [0.4, 0.5) is 0 Å². The highest BCUT2D eigenvalue weighted by atomic mass is 32.1. The SMILES string of the molecule is c1ccc(-c2ccc(-c3cccc(-c4nc(-n5c6ccccc6c6cc(-c7ccc8sc9ccccc9c8c7)ccc65)nc(-n5c6ccccc6c6cc(-c7ccc8sc9ccccc9c8c7)ccc65)n4)c3)cc2)cc1. The summed E-state index contributed by atoms with van der Waals surface area (Å²) in [5.41, 5.74) is 14.2. The van der Waals surface area contributed by atoms with Gasteiger partial charge in [-0.1, -0.05) is 170 Å². The van der Waals surface area contributed by atoms with Crippen LogP contribution in [0, 0.1) is 0 Å². The molecule has 7 heteroatoms. The molecule has 16 rings (SSSR count). The molecule has 5 heterocycles. The highest BCUT2D eigenvalue weighted by Crippen LogP contribution is 2.42. The molecule has 5 nitrogen and oxygen atoms in total. The van der Waals surface area contributed by atoms with Gasteiger partial charge in [-0.2, -0.15) is 15.0 Å². The van der Waals surface area contributed by atoms with E-state index in [1.807, 2.05) is 22.7 Å². The molecule has 0 saturated carbocycles. The molecule has 354 valence electrons. The van der Waals surface area contributed by atoms with Crippen LogP contribution in [-0.2, 0) is 0 Å². The van der Waals surface area contributed by atoms with Gasteiger partial charge in [-0.15, -0.1) is 22.7 Å². The van der Waals surface area contributed by atoms with Crippen molar-refractivity contribution in [3.63, 3.8) is 0 Å². The third kappa shape index (κ3) is 6.87. The topological polar surface area (TPSA) is 48.5 Å². The fraction of sp³-hybridized carbons (Fsp3) is 0. The van der Waals surface area contributed by atoms with Gasteiger partial charge in [0.25, 0.3) is 0 Å². The standard InChI is InChI=1S/C69H41N5S2/c1-2-13-42(14-3-1)43-25-27-44(28-26-43)45-15-12-16-50(37-45)67-70-68(73-59-21-8-4-17-51(59)55-38-46(29-33-61(55)73)48-31-35-65-57(40-48)53-19-6-10-23-63(53)75-65)72-69(71-67)74-60-22-9-5-18-52(60)56-39-47(30-34-62(56)74)49-32-36-66-58(41-49)54-20-7-11-24-64(54)76-66/h1-41H. The lowest BCUT2D eigenvalue weighted by Gasteiger charge is -2.13. The van der Waals surface area contributed by atoms with Gasteiger partial charge in [0.05, 0.1) is 22.1 Å². The molecular formula is C69H41N5S2. The smallest absolute Gasteiger partial charge is 0.240 e. The maximum absolute atomic E-state index is 5.55. The van der Waals surface area contributed by atoms with E-state index in [4.69, 9.17) is 15.0 Å². The summed E-state index contributed by atoms with van der Waals surface area (Å²) < 4.78 is 9.65. The maximum Gasteiger partial charge on any atom is 0.240 e. The molecule has 0 amide bonds. The third-order valence-electron chi connectivity index (χ3n) is 15.2. The van der Waals surface area contributed by atoms with Gasteiger partial charge in [0.15, 0.2) is 5.82 Å². The van der Waals surface area contributed by atoms with Crippen LogP contribution in [0.25, 0.3) is 152 Å². The molecule has 0 N–H and O–H groups in total. The second-order valence-corrected chi connectivity index (χ2v) is 21.7. The number of thiophene rings is 2. The minimum absolute atomic E-state index is 0.543. The lowest BCUT2D eigenvalue weighted by Crippen LogP contribution is -2.10. The Labute approximate surface area is 444 Å². The van der Waals surface area contributed by atoms with E-state index in [1.54, 1.807) is 0 Å². The number of fused-ring (bicyclic) bond motifs is 12. The van der Waals surface area contributed by atoms with Crippen molar-refractivity contribution in [2.45, 2.75) is 0 Å². The maximum atomic E-state index is 5.55. The molecular weight excluding hydrogens is 963 g/mol. The molecule has 0 radical (unpaired) electrons. The van der Waals surface area contributed by atoms with Crippen molar-refractivity contribution in [2.24, 2.45) is 0 Å². The van der Waals surface area contributed by atoms with Crippen molar-refractivity contribution in [1.82, 2.24) is 24.1 Å². The van der Waals surface area contributed by atoms with Gasteiger partial charge in [-0.25, -0.2) is 0 Å². The van der Waals surface area contributed by atoms with Gasteiger partial charge in [0.2, 0.25) is 11.9 Å². The first-order valence-electron chi connectivity index (χ1n) is 25.6. The quantitative estimate of drug-likeness (QED) is 0.160. The fourth-order valence-corrected chi connectivity index (χ4v) is 13.7. The van der Waals surface area contributed by atoms with E-state index in [1.165, 1.54) is 62.6 Å². The zero-order valence-electron chi connectivity index (χ0n) is 40.7. The molecule has 11 aromatic carbocycles. The number of nitrogens with zero attached hydrogens (tertiary/aromatic N) is 5. The minimum Gasteiger partial charge on any atom is -0.278 e. The second-order valence-electron chi connectivity index (χ2n) is 19.6. The van der Waals surface area contributed by atoms with Crippen LogP contribution in [0.3, 0.4) is 0 Å². The summed E-state index contributed by atoms with van der Waals surface area (Å²) in [6, 6.07) is 89.9. The van der Waals surface area contributed by atoms with E-state index in [0.29, 0.717) is 17.7 Å². The highest BCUT2D eigenvalue weighted by Gasteiger charge is 2.22. The predicted molar refractivity (Wildman–Crippen MR) is 321 cm³/mol. The van der Waals surface area contributed by atoms with Crippen molar-refractivity contribution in [1.29, 1.82) is 0 Å². The number of hydrogen-bond acceptors (Lipinski definition) is 5. The molecule has 0 unspecified atom stereocenters. The molecule has 0 spiro atoms. The monoisotopic (exact) mass is 1000 g/mol. The molecule has 0 fully saturated rings. The van der Waals surface area contributed by atoms with Crippen LogP contribution in [0.15, 0.2) is 249 Å². The van der Waals surface area contributed by atoms with Gasteiger partial charge >= 0.3 is 0 Å². The Morgan fingerprint density at radius 2 is 0.579 bits per heavy atom.